The van der Waals surface area contributed by atoms with Crippen molar-refractivity contribution in [3.8, 4) is 0 Å². The highest BCUT2D eigenvalue weighted by atomic mass is 32.1. The van der Waals surface area contributed by atoms with Crippen molar-refractivity contribution >= 4 is 28.6 Å². The molecule has 1 amide bonds. The summed E-state index contributed by atoms with van der Waals surface area (Å²) in [7, 11) is 3.83. The van der Waals surface area contributed by atoms with Crippen molar-refractivity contribution in [1.82, 2.24) is 5.32 Å². The zero-order chi connectivity index (χ0) is 15.4. The minimum atomic E-state index is -0.0914. The van der Waals surface area contributed by atoms with Gasteiger partial charge in [0.1, 0.15) is 0 Å². The van der Waals surface area contributed by atoms with E-state index in [1.165, 1.54) is 4.88 Å². The smallest absolute Gasteiger partial charge is 0.253 e. The summed E-state index contributed by atoms with van der Waals surface area (Å²) in [5, 5.41) is 5.12. The summed E-state index contributed by atoms with van der Waals surface area (Å²) >= 11 is 1.66. The van der Waals surface area contributed by atoms with Crippen LogP contribution in [0.15, 0.2) is 35.7 Å². The lowest BCUT2D eigenvalue weighted by Gasteiger charge is -2.20. The Bertz CT molecular complexity index is 608. The van der Waals surface area contributed by atoms with Crippen LogP contribution < -0.4 is 16.0 Å². The van der Waals surface area contributed by atoms with Gasteiger partial charge in [0.05, 0.1) is 11.6 Å². The van der Waals surface area contributed by atoms with Gasteiger partial charge in [-0.2, -0.15) is 0 Å². The van der Waals surface area contributed by atoms with Gasteiger partial charge in [-0.1, -0.05) is 13.0 Å². The Balaban J connectivity index is 2.25. The average molecular weight is 303 g/mol. The number of nitrogens with two attached hydrogens (primary N) is 1. The van der Waals surface area contributed by atoms with E-state index in [9.17, 15) is 4.79 Å². The van der Waals surface area contributed by atoms with Crippen molar-refractivity contribution < 1.29 is 4.79 Å². The summed E-state index contributed by atoms with van der Waals surface area (Å²) < 4.78 is 0. The Morgan fingerprint density at radius 3 is 2.71 bits per heavy atom. The van der Waals surface area contributed by atoms with E-state index in [-0.39, 0.29) is 11.9 Å². The first-order valence-corrected chi connectivity index (χ1v) is 7.82. The molecule has 112 valence electrons. The van der Waals surface area contributed by atoms with E-state index in [4.69, 9.17) is 5.73 Å². The largest absolute Gasteiger partial charge is 0.399 e. The SMILES string of the molecule is CCC(NC(=O)c1cc(N)ccc1N(C)C)c1cccs1. The number of hydrogen-bond donors (Lipinski definition) is 2. The van der Waals surface area contributed by atoms with E-state index in [1.54, 1.807) is 17.4 Å². The van der Waals surface area contributed by atoms with E-state index < -0.39 is 0 Å². The van der Waals surface area contributed by atoms with Gasteiger partial charge in [-0.25, -0.2) is 0 Å². The van der Waals surface area contributed by atoms with Gasteiger partial charge in [0.2, 0.25) is 0 Å². The molecule has 5 heteroatoms. The van der Waals surface area contributed by atoms with Crippen LogP contribution in [0.5, 0.6) is 0 Å². The quantitative estimate of drug-likeness (QED) is 0.833. The van der Waals surface area contributed by atoms with Gasteiger partial charge in [-0.05, 0) is 36.1 Å². The zero-order valence-corrected chi connectivity index (χ0v) is 13.4. The molecule has 0 aliphatic heterocycles. The lowest BCUT2D eigenvalue weighted by molar-refractivity contribution is 0.0937. The average Bonchev–Trinajstić information content (AvgIpc) is 2.98. The summed E-state index contributed by atoms with van der Waals surface area (Å²) in [6.45, 7) is 2.07. The molecule has 0 saturated heterocycles. The summed E-state index contributed by atoms with van der Waals surface area (Å²) in [6, 6.07) is 9.49. The number of thiophene rings is 1. The second-order valence-electron chi connectivity index (χ2n) is 5.12. The molecular weight excluding hydrogens is 282 g/mol. The van der Waals surface area contributed by atoms with Gasteiger partial charge in [-0.15, -0.1) is 11.3 Å². The highest BCUT2D eigenvalue weighted by molar-refractivity contribution is 7.10. The number of amides is 1. The van der Waals surface area contributed by atoms with E-state index in [0.29, 0.717) is 11.3 Å². The van der Waals surface area contributed by atoms with Crippen molar-refractivity contribution in [1.29, 1.82) is 0 Å². The number of carbonyl (C=O) groups is 1. The second kappa shape index (κ2) is 6.63. The normalized spacial score (nSPS) is 12.0. The molecule has 1 heterocycles. The molecule has 3 N–H and O–H groups in total. The molecule has 0 spiro atoms. The van der Waals surface area contributed by atoms with Gasteiger partial charge in [0.25, 0.3) is 5.91 Å². The van der Waals surface area contributed by atoms with E-state index in [2.05, 4.69) is 12.2 Å². The Hall–Kier alpha value is -2.01. The molecular formula is C16H21N3OS. The van der Waals surface area contributed by atoms with E-state index in [1.807, 2.05) is 48.6 Å². The van der Waals surface area contributed by atoms with Gasteiger partial charge in [0.15, 0.2) is 0 Å². The molecule has 0 saturated carbocycles. The highest BCUT2D eigenvalue weighted by Crippen LogP contribution is 2.25. The van der Waals surface area contributed by atoms with Crippen molar-refractivity contribution in [2.75, 3.05) is 24.7 Å². The molecule has 21 heavy (non-hydrogen) atoms. The maximum Gasteiger partial charge on any atom is 0.253 e. The topological polar surface area (TPSA) is 58.4 Å². The van der Waals surface area contributed by atoms with Crippen molar-refractivity contribution in [3.63, 3.8) is 0 Å². The molecule has 0 aliphatic rings. The third kappa shape index (κ3) is 3.55. The summed E-state index contributed by atoms with van der Waals surface area (Å²) in [5.41, 5.74) is 7.89. The number of anilines is 2. The van der Waals surface area contributed by atoms with Crippen LogP contribution in [0.2, 0.25) is 0 Å². The fourth-order valence-corrected chi connectivity index (χ4v) is 3.09. The molecule has 0 fully saturated rings. The van der Waals surface area contributed by atoms with Crippen LogP contribution in [0.4, 0.5) is 11.4 Å². The van der Waals surface area contributed by atoms with Crippen molar-refractivity contribution in [3.05, 3.63) is 46.2 Å². The number of nitrogens with one attached hydrogen (secondary N) is 1. The molecule has 1 atom stereocenters. The highest BCUT2D eigenvalue weighted by Gasteiger charge is 2.18. The first-order valence-electron chi connectivity index (χ1n) is 6.94. The predicted octanol–water partition coefficient (Wildman–Crippen LogP) is 3.28. The van der Waals surface area contributed by atoms with Gasteiger partial charge in [-0.3, -0.25) is 4.79 Å². The molecule has 2 aromatic rings. The number of hydrogen-bond acceptors (Lipinski definition) is 4. The number of rotatable bonds is 5. The number of nitrogen functional groups attached to an aromatic ring is 1. The van der Waals surface area contributed by atoms with Crippen LogP contribution in [-0.2, 0) is 0 Å². The Kier molecular flexibility index (Phi) is 4.85. The van der Waals surface area contributed by atoms with Crippen molar-refractivity contribution in [2.45, 2.75) is 19.4 Å². The molecule has 1 aromatic carbocycles. The van der Waals surface area contributed by atoms with Gasteiger partial charge >= 0.3 is 0 Å². The predicted molar refractivity (Wildman–Crippen MR) is 90.0 cm³/mol. The minimum absolute atomic E-state index is 0.0361. The summed E-state index contributed by atoms with van der Waals surface area (Å²) in [5.74, 6) is -0.0914. The van der Waals surface area contributed by atoms with Crippen LogP contribution in [0, 0.1) is 0 Å². The third-order valence-electron chi connectivity index (χ3n) is 3.35. The first kappa shape index (κ1) is 15.4. The molecule has 1 aromatic heterocycles. The van der Waals surface area contributed by atoms with Crippen LogP contribution in [0.25, 0.3) is 0 Å². The maximum absolute atomic E-state index is 12.6. The van der Waals surface area contributed by atoms with E-state index in [0.717, 1.165) is 12.1 Å². The van der Waals surface area contributed by atoms with Crippen LogP contribution in [0.3, 0.4) is 0 Å². The summed E-state index contributed by atoms with van der Waals surface area (Å²) in [6.07, 6.45) is 0.853. The Morgan fingerprint density at radius 2 is 2.14 bits per heavy atom. The lowest BCUT2D eigenvalue weighted by Crippen LogP contribution is -2.29. The molecule has 1 unspecified atom stereocenters. The third-order valence-corrected chi connectivity index (χ3v) is 4.33. The molecule has 4 nitrogen and oxygen atoms in total. The molecule has 0 aliphatic carbocycles. The fourth-order valence-electron chi connectivity index (χ4n) is 2.23. The first-order chi connectivity index (χ1) is 10.0. The van der Waals surface area contributed by atoms with Gasteiger partial charge in [0, 0.05) is 30.3 Å². The molecule has 0 bridgehead atoms. The fraction of sp³-hybridized carbons (Fsp3) is 0.312. The Labute approximate surface area is 129 Å². The lowest BCUT2D eigenvalue weighted by atomic mass is 10.1. The van der Waals surface area contributed by atoms with Crippen LogP contribution in [-0.4, -0.2) is 20.0 Å². The monoisotopic (exact) mass is 303 g/mol. The number of benzene rings is 1. The van der Waals surface area contributed by atoms with E-state index >= 15 is 0 Å². The maximum atomic E-state index is 12.6. The second-order valence-corrected chi connectivity index (χ2v) is 6.10. The van der Waals surface area contributed by atoms with Gasteiger partial charge < -0.3 is 16.0 Å². The molecule has 2 rings (SSSR count). The summed E-state index contributed by atoms with van der Waals surface area (Å²) in [4.78, 5) is 15.7. The van der Waals surface area contributed by atoms with Crippen LogP contribution >= 0.6 is 11.3 Å². The Morgan fingerprint density at radius 1 is 1.38 bits per heavy atom. The number of carbonyl (C=O) groups excluding carboxylic acids is 1. The number of nitrogens with zero attached hydrogens (tertiary/aromatic N) is 1. The zero-order valence-electron chi connectivity index (χ0n) is 12.6. The van der Waals surface area contributed by atoms with Crippen LogP contribution in [0.1, 0.15) is 34.6 Å². The minimum Gasteiger partial charge on any atom is -0.399 e. The van der Waals surface area contributed by atoms with Crippen molar-refractivity contribution in [2.24, 2.45) is 0 Å². The molecule has 0 radical (unpaired) electrons. The standard InChI is InChI=1S/C16H21N3OS/c1-4-13(15-6-5-9-21-15)18-16(20)12-10-11(17)7-8-14(12)19(2)3/h5-10,13H,4,17H2,1-3H3,(H,18,20).